The van der Waals surface area contributed by atoms with Crippen LogP contribution in [0.1, 0.15) is 19.8 Å². The lowest BCUT2D eigenvalue weighted by Crippen LogP contribution is -2.42. The first-order chi connectivity index (χ1) is 9.38. The van der Waals surface area contributed by atoms with Crippen LogP contribution in [0.25, 0.3) is 10.8 Å². The minimum atomic E-state index is 0.689. The molecule has 0 bridgehead atoms. The fourth-order valence-corrected chi connectivity index (χ4v) is 2.99. The standard InChI is InChI=1S/C16H21N3/c1-2-18-14-7-10-19(11-8-14)16-5-3-4-13-6-9-17-12-15(13)16/h3-6,9,12,14,18H,2,7-8,10-11H2,1H3. The maximum atomic E-state index is 4.27. The van der Waals surface area contributed by atoms with E-state index >= 15 is 0 Å². The van der Waals surface area contributed by atoms with Gasteiger partial charge in [-0.15, -0.1) is 0 Å². The van der Waals surface area contributed by atoms with Crippen LogP contribution in [0.4, 0.5) is 5.69 Å². The van der Waals surface area contributed by atoms with Crippen LogP contribution in [0, 0.1) is 0 Å². The smallest absolute Gasteiger partial charge is 0.0461 e. The van der Waals surface area contributed by atoms with Crippen molar-refractivity contribution in [3.63, 3.8) is 0 Å². The summed E-state index contributed by atoms with van der Waals surface area (Å²) in [5.74, 6) is 0. The molecule has 1 aromatic heterocycles. The number of anilines is 1. The molecule has 1 aromatic carbocycles. The van der Waals surface area contributed by atoms with Gasteiger partial charge in [-0.25, -0.2) is 0 Å². The zero-order valence-corrected chi connectivity index (χ0v) is 11.5. The first kappa shape index (κ1) is 12.4. The Hall–Kier alpha value is -1.61. The molecule has 0 spiro atoms. The first-order valence-corrected chi connectivity index (χ1v) is 7.19. The molecular formula is C16H21N3. The fraction of sp³-hybridized carbons (Fsp3) is 0.438. The number of nitrogens with one attached hydrogen (secondary N) is 1. The lowest BCUT2D eigenvalue weighted by atomic mass is 10.0. The van der Waals surface area contributed by atoms with Crippen molar-refractivity contribution >= 4 is 16.5 Å². The van der Waals surface area contributed by atoms with Crippen molar-refractivity contribution in [1.29, 1.82) is 0 Å². The van der Waals surface area contributed by atoms with E-state index in [0.717, 1.165) is 19.6 Å². The van der Waals surface area contributed by atoms with Crippen LogP contribution in [-0.4, -0.2) is 30.7 Å². The van der Waals surface area contributed by atoms with Gasteiger partial charge in [-0.1, -0.05) is 19.1 Å². The number of hydrogen-bond donors (Lipinski definition) is 1. The van der Waals surface area contributed by atoms with Gasteiger partial charge in [0, 0.05) is 42.6 Å². The lowest BCUT2D eigenvalue weighted by Gasteiger charge is -2.34. The van der Waals surface area contributed by atoms with Gasteiger partial charge in [0.25, 0.3) is 0 Å². The number of piperidine rings is 1. The van der Waals surface area contributed by atoms with Crippen molar-refractivity contribution in [2.75, 3.05) is 24.5 Å². The SMILES string of the molecule is CCNC1CCN(c2cccc3ccncc23)CC1. The van der Waals surface area contributed by atoms with E-state index in [0.29, 0.717) is 6.04 Å². The molecule has 0 atom stereocenters. The van der Waals surface area contributed by atoms with Crippen molar-refractivity contribution < 1.29 is 0 Å². The van der Waals surface area contributed by atoms with Gasteiger partial charge < -0.3 is 10.2 Å². The number of fused-ring (bicyclic) bond motifs is 1. The molecule has 3 nitrogen and oxygen atoms in total. The average molecular weight is 255 g/mol. The molecule has 1 aliphatic rings. The Morgan fingerprint density at radius 3 is 2.89 bits per heavy atom. The average Bonchev–Trinajstić information content (AvgIpc) is 2.48. The van der Waals surface area contributed by atoms with Crippen molar-refractivity contribution in [1.82, 2.24) is 10.3 Å². The second kappa shape index (κ2) is 5.57. The highest BCUT2D eigenvalue weighted by Gasteiger charge is 2.19. The number of rotatable bonds is 3. The monoisotopic (exact) mass is 255 g/mol. The summed E-state index contributed by atoms with van der Waals surface area (Å²) in [6.45, 7) is 5.52. The van der Waals surface area contributed by atoms with Crippen LogP contribution < -0.4 is 10.2 Å². The third-order valence-electron chi connectivity index (χ3n) is 3.99. The van der Waals surface area contributed by atoms with Gasteiger partial charge in [0.05, 0.1) is 0 Å². The van der Waals surface area contributed by atoms with E-state index in [4.69, 9.17) is 0 Å². The quantitative estimate of drug-likeness (QED) is 0.914. The maximum Gasteiger partial charge on any atom is 0.0461 e. The van der Waals surface area contributed by atoms with Crippen LogP contribution >= 0.6 is 0 Å². The number of nitrogens with zero attached hydrogens (tertiary/aromatic N) is 2. The topological polar surface area (TPSA) is 28.2 Å². The Balaban J connectivity index is 1.82. The molecule has 0 aliphatic carbocycles. The molecule has 19 heavy (non-hydrogen) atoms. The van der Waals surface area contributed by atoms with Crippen molar-refractivity contribution in [3.05, 3.63) is 36.7 Å². The summed E-state index contributed by atoms with van der Waals surface area (Å²) in [5.41, 5.74) is 1.33. The molecule has 100 valence electrons. The number of hydrogen-bond acceptors (Lipinski definition) is 3. The Morgan fingerprint density at radius 2 is 2.11 bits per heavy atom. The summed E-state index contributed by atoms with van der Waals surface area (Å²) < 4.78 is 0. The van der Waals surface area contributed by atoms with Crippen LogP contribution in [-0.2, 0) is 0 Å². The van der Waals surface area contributed by atoms with E-state index in [1.807, 2.05) is 12.4 Å². The molecule has 3 heteroatoms. The Labute approximate surface area is 114 Å². The summed E-state index contributed by atoms with van der Waals surface area (Å²) in [7, 11) is 0. The van der Waals surface area contributed by atoms with E-state index in [1.54, 1.807) is 0 Å². The second-order valence-electron chi connectivity index (χ2n) is 5.19. The van der Waals surface area contributed by atoms with Gasteiger partial charge in [-0.2, -0.15) is 0 Å². The third kappa shape index (κ3) is 2.56. The van der Waals surface area contributed by atoms with Gasteiger partial charge in [0.2, 0.25) is 0 Å². The van der Waals surface area contributed by atoms with Gasteiger partial charge in [-0.05, 0) is 36.9 Å². The molecule has 0 amide bonds. The van der Waals surface area contributed by atoms with Gasteiger partial charge in [-0.3, -0.25) is 4.98 Å². The molecule has 0 radical (unpaired) electrons. The molecule has 0 unspecified atom stereocenters. The summed E-state index contributed by atoms with van der Waals surface area (Å²) in [5, 5.41) is 6.10. The van der Waals surface area contributed by atoms with Gasteiger partial charge in [0.1, 0.15) is 0 Å². The molecular weight excluding hydrogens is 234 g/mol. The van der Waals surface area contributed by atoms with E-state index in [1.165, 1.54) is 29.3 Å². The molecule has 1 saturated heterocycles. The molecule has 1 N–H and O–H groups in total. The number of pyridine rings is 1. The highest BCUT2D eigenvalue weighted by molar-refractivity contribution is 5.93. The van der Waals surface area contributed by atoms with Gasteiger partial charge >= 0.3 is 0 Å². The Bertz CT molecular complexity index is 539. The van der Waals surface area contributed by atoms with Crippen molar-refractivity contribution in [3.8, 4) is 0 Å². The van der Waals surface area contributed by atoms with Crippen molar-refractivity contribution in [2.24, 2.45) is 0 Å². The lowest BCUT2D eigenvalue weighted by molar-refractivity contribution is 0.424. The van der Waals surface area contributed by atoms with E-state index < -0.39 is 0 Å². The molecule has 1 fully saturated rings. The molecule has 2 heterocycles. The van der Waals surface area contributed by atoms with Crippen LogP contribution in [0.2, 0.25) is 0 Å². The highest BCUT2D eigenvalue weighted by atomic mass is 15.1. The predicted octanol–water partition coefficient (Wildman–Crippen LogP) is 2.81. The summed E-state index contributed by atoms with van der Waals surface area (Å²) >= 11 is 0. The van der Waals surface area contributed by atoms with Crippen LogP contribution in [0.3, 0.4) is 0 Å². The summed E-state index contributed by atoms with van der Waals surface area (Å²) in [6.07, 6.45) is 6.31. The third-order valence-corrected chi connectivity index (χ3v) is 3.99. The Kier molecular flexibility index (Phi) is 3.65. The summed E-state index contributed by atoms with van der Waals surface area (Å²) in [6, 6.07) is 9.30. The number of aromatic nitrogens is 1. The highest BCUT2D eigenvalue weighted by Crippen LogP contribution is 2.28. The van der Waals surface area contributed by atoms with Crippen molar-refractivity contribution in [2.45, 2.75) is 25.8 Å². The van der Waals surface area contributed by atoms with E-state index in [9.17, 15) is 0 Å². The first-order valence-electron chi connectivity index (χ1n) is 7.19. The second-order valence-corrected chi connectivity index (χ2v) is 5.19. The van der Waals surface area contributed by atoms with E-state index in [-0.39, 0.29) is 0 Å². The minimum absolute atomic E-state index is 0.689. The largest absolute Gasteiger partial charge is 0.371 e. The number of benzene rings is 1. The predicted molar refractivity (Wildman–Crippen MR) is 80.7 cm³/mol. The summed E-state index contributed by atoms with van der Waals surface area (Å²) in [4.78, 5) is 6.77. The Morgan fingerprint density at radius 1 is 1.26 bits per heavy atom. The van der Waals surface area contributed by atoms with Crippen LogP contribution in [0.15, 0.2) is 36.7 Å². The zero-order chi connectivity index (χ0) is 13.1. The maximum absolute atomic E-state index is 4.27. The minimum Gasteiger partial charge on any atom is -0.371 e. The van der Waals surface area contributed by atoms with Gasteiger partial charge in [0.15, 0.2) is 0 Å². The molecule has 1 aliphatic heterocycles. The fourth-order valence-electron chi connectivity index (χ4n) is 2.99. The molecule has 2 aromatic rings. The molecule has 3 rings (SSSR count). The molecule has 0 saturated carbocycles. The van der Waals surface area contributed by atoms with E-state index in [2.05, 4.69) is 46.4 Å². The van der Waals surface area contributed by atoms with Crippen LogP contribution in [0.5, 0.6) is 0 Å². The normalized spacial score (nSPS) is 17.0. The zero-order valence-electron chi connectivity index (χ0n) is 11.5.